The Bertz CT molecular complexity index is 816. The van der Waals surface area contributed by atoms with Crippen LogP contribution in [0.1, 0.15) is 24.8 Å². The maximum Gasteiger partial charge on any atom is 0.238 e. The molecule has 0 aliphatic carbocycles. The van der Waals surface area contributed by atoms with E-state index in [4.69, 9.17) is 0 Å². The second kappa shape index (κ2) is 8.17. The molecule has 2 heterocycles. The zero-order chi connectivity index (χ0) is 18.6. The summed E-state index contributed by atoms with van der Waals surface area (Å²) in [5.41, 5.74) is 2.22. The van der Waals surface area contributed by atoms with Crippen LogP contribution in [0.15, 0.2) is 59.5 Å². The second-order valence-corrected chi connectivity index (χ2v) is 8.55. The zero-order valence-electron chi connectivity index (χ0n) is 15.3. The molecule has 1 saturated heterocycles. The van der Waals surface area contributed by atoms with E-state index in [9.17, 15) is 9.59 Å². The Hall–Kier alpha value is -2.27. The molecule has 2 aliphatic heterocycles. The van der Waals surface area contributed by atoms with Crippen LogP contribution in [0.2, 0.25) is 0 Å². The highest BCUT2D eigenvalue weighted by atomic mass is 32.2. The summed E-state index contributed by atoms with van der Waals surface area (Å²) < 4.78 is 0. The molecule has 0 spiro atoms. The van der Waals surface area contributed by atoms with Crippen molar-refractivity contribution < 1.29 is 9.59 Å². The van der Waals surface area contributed by atoms with Gasteiger partial charge in [0.15, 0.2) is 0 Å². The van der Waals surface area contributed by atoms with Crippen LogP contribution >= 0.6 is 11.8 Å². The van der Waals surface area contributed by atoms with Gasteiger partial charge >= 0.3 is 0 Å². The van der Waals surface area contributed by atoms with Crippen molar-refractivity contribution >= 4 is 29.3 Å². The fourth-order valence-electron chi connectivity index (χ4n) is 3.85. The van der Waals surface area contributed by atoms with Crippen LogP contribution in [0.25, 0.3) is 0 Å². The molecule has 0 unspecified atom stereocenters. The smallest absolute Gasteiger partial charge is 0.238 e. The molecule has 4 nitrogen and oxygen atoms in total. The number of likely N-dealkylation sites (tertiary alicyclic amines) is 1. The molecule has 1 atom stereocenters. The number of carbonyl (C=O) groups excluding carboxylic acids is 2. The van der Waals surface area contributed by atoms with Gasteiger partial charge in [0.25, 0.3) is 0 Å². The molecule has 2 aromatic carbocycles. The SMILES string of the molecule is O=C1Nc2ccccc2S[C@@H]1CC(=O)N1CCC(Cc2ccccc2)CC1. The van der Waals surface area contributed by atoms with E-state index in [2.05, 4.69) is 29.6 Å². The van der Waals surface area contributed by atoms with Gasteiger partial charge < -0.3 is 10.2 Å². The molecule has 0 bridgehead atoms. The molecule has 0 saturated carbocycles. The van der Waals surface area contributed by atoms with Crippen LogP contribution < -0.4 is 5.32 Å². The van der Waals surface area contributed by atoms with Crippen LogP contribution in [-0.4, -0.2) is 35.1 Å². The van der Waals surface area contributed by atoms with E-state index in [1.54, 1.807) is 0 Å². The first kappa shape index (κ1) is 18.1. The molecule has 1 fully saturated rings. The highest BCUT2D eigenvalue weighted by Crippen LogP contribution is 2.37. The monoisotopic (exact) mass is 380 g/mol. The summed E-state index contributed by atoms with van der Waals surface area (Å²) in [5.74, 6) is 0.668. The number of fused-ring (bicyclic) bond motifs is 1. The van der Waals surface area contributed by atoms with Crippen LogP contribution in [-0.2, 0) is 16.0 Å². The summed E-state index contributed by atoms with van der Waals surface area (Å²) in [6.07, 6.45) is 3.43. The largest absolute Gasteiger partial charge is 0.343 e. The predicted octanol–water partition coefficient (Wildman–Crippen LogP) is 3.97. The average molecular weight is 381 g/mol. The number of hydrogen-bond donors (Lipinski definition) is 1. The number of hydrogen-bond acceptors (Lipinski definition) is 3. The van der Waals surface area contributed by atoms with Gasteiger partial charge in [-0.05, 0) is 42.9 Å². The summed E-state index contributed by atoms with van der Waals surface area (Å²) >= 11 is 1.50. The Morgan fingerprint density at radius 1 is 1.04 bits per heavy atom. The van der Waals surface area contributed by atoms with Gasteiger partial charge in [0, 0.05) is 24.4 Å². The van der Waals surface area contributed by atoms with Crippen LogP contribution in [0.3, 0.4) is 0 Å². The fourth-order valence-corrected chi connectivity index (χ4v) is 4.95. The average Bonchev–Trinajstić information content (AvgIpc) is 2.70. The molecular weight excluding hydrogens is 356 g/mol. The van der Waals surface area contributed by atoms with E-state index in [0.29, 0.717) is 5.92 Å². The minimum absolute atomic E-state index is 0.0639. The highest BCUT2D eigenvalue weighted by Gasteiger charge is 2.31. The van der Waals surface area contributed by atoms with Crippen LogP contribution in [0, 0.1) is 5.92 Å². The van der Waals surface area contributed by atoms with Crippen molar-refractivity contribution in [3.8, 4) is 0 Å². The lowest BCUT2D eigenvalue weighted by Gasteiger charge is -2.33. The van der Waals surface area contributed by atoms with Crippen molar-refractivity contribution in [2.45, 2.75) is 35.8 Å². The Labute approximate surface area is 164 Å². The Morgan fingerprint density at radius 3 is 2.52 bits per heavy atom. The number of amides is 2. The number of para-hydroxylation sites is 1. The summed E-state index contributed by atoms with van der Waals surface area (Å²) in [7, 11) is 0. The molecule has 2 aromatic rings. The third-order valence-electron chi connectivity index (χ3n) is 5.40. The van der Waals surface area contributed by atoms with Crippen molar-refractivity contribution in [1.82, 2.24) is 4.90 Å². The summed E-state index contributed by atoms with van der Waals surface area (Å²) in [4.78, 5) is 28.0. The predicted molar refractivity (Wildman–Crippen MR) is 109 cm³/mol. The van der Waals surface area contributed by atoms with Crippen LogP contribution in [0.4, 0.5) is 5.69 Å². The number of thioether (sulfide) groups is 1. The molecule has 0 radical (unpaired) electrons. The van der Waals surface area contributed by atoms with Gasteiger partial charge in [-0.1, -0.05) is 42.5 Å². The van der Waals surface area contributed by atoms with E-state index in [0.717, 1.165) is 42.9 Å². The molecular formula is C22H24N2O2S. The summed E-state index contributed by atoms with van der Waals surface area (Å²) in [6, 6.07) is 18.3. The number of anilines is 1. The zero-order valence-corrected chi connectivity index (χ0v) is 16.1. The Morgan fingerprint density at radius 2 is 1.74 bits per heavy atom. The maximum absolute atomic E-state index is 12.7. The number of benzene rings is 2. The molecule has 1 N–H and O–H groups in total. The van der Waals surface area contributed by atoms with Crippen molar-refractivity contribution in [2.75, 3.05) is 18.4 Å². The van der Waals surface area contributed by atoms with Gasteiger partial charge in [0.2, 0.25) is 11.8 Å². The van der Waals surface area contributed by atoms with Gasteiger partial charge in [0.1, 0.15) is 0 Å². The molecule has 2 amide bonds. The number of nitrogens with one attached hydrogen (secondary N) is 1. The molecule has 27 heavy (non-hydrogen) atoms. The quantitative estimate of drug-likeness (QED) is 0.873. The summed E-state index contributed by atoms with van der Waals surface area (Å²) in [5, 5.41) is 2.58. The molecule has 2 aliphatic rings. The lowest BCUT2D eigenvalue weighted by Crippen LogP contribution is -2.41. The van der Waals surface area contributed by atoms with Crippen molar-refractivity contribution in [3.05, 3.63) is 60.2 Å². The number of piperidine rings is 1. The lowest BCUT2D eigenvalue weighted by atomic mass is 9.90. The van der Waals surface area contributed by atoms with Gasteiger partial charge in [-0.2, -0.15) is 0 Å². The highest BCUT2D eigenvalue weighted by molar-refractivity contribution is 8.01. The minimum atomic E-state index is -0.338. The normalized spacial score (nSPS) is 20.1. The standard InChI is InChI=1S/C22H24N2O2S/c25-21(15-20-22(26)23-18-8-4-5-9-19(18)27-20)24-12-10-17(11-13-24)14-16-6-2-1-3-7-16/h1-9,17,20H,10-15H2,(H,23,26)/t20-/m1/s1. The Kier molecular flexibility index (Phi) is 5.48. The number of rotatable bonds is 4. The number of nitrogens with zero attached hydrogens (tertiary/aromatic N) is 1. The fraction of sp³-hybridized carbons (Fsp3) is 0.364. The van der Waals surface area contributed by atoms with Gasteiger partial charge in [0.05, 0.1) is 10.9 Å². The second-order valence-electron chi connectivity index (χ2n) is 7.31. The van der Waals surface area contributed by atoms with E-state index in [1.165, 1.54) is 17.3 Å². The van der Waals surface area contributed by atoms with Crippen molar-refractivity contribution in [3.63, 3.8) is 0 Å². The van der Waals surface area contributed by atoms with Gasteiger partial charge in [-0.15, -0.1) is 11.8 Å². The molecule has 4 rings (SSSR count). The minimum Gasteiger partial charge on any atom is -0.343 e. The third kappa shape index (κ3) is 4.35. The van der Waals surface area contributed by atoms with E-state index in [-0.39, 0.29) is 23.5 Å². The van der Waals surface area contributed by atoms with E-state index in [1.807, 2.05) is 35.2 Å². The van der Waals surface area contributed by atoms with Gasteiger partial charge in [-0.3, -0.25) is 9.59 Å². The van der Waals surface area contributed by atoms with Crippen LogP contribution in [0.5, 0.6) is 0 Å². The van der Waals surface area contributed by atoms with Crippen molar-refractivity contribution in [2.24, 2.45) is 5.92 Å². The first-order valence-electron chi connectivity index (χ1n) is 9.57. The maximum atomic E-state index is 12.7. The van der Waals surface area contributed by atoms with E-state index < -0.39 is 0 Å². The Balaban J connectivity index is 1.29. The molecule has 0 aromatic heterocycles. The van der Waals surface area contributed by atoms with Gasteiger partial charge in [-0.25, -0.2) is 0 Å². The third-order valence-corrected chi connectivity index (χ3v) is 6.68. The first-order valence-corrected chi connectivity index (χ1v) is 10.5. The molecule has 140 valence electrons. The number of carbonyl (C=O) groups is 2. The summed E-state index contributed by atoms with van der Waals surface area (Å²) in [6.45, 7) is 1.60. The first-order chi connectivity index (χ1) is 13.2. The molecule has 5 heteroatoms. The van der Waals surface area contributed by atoms with E-state index >= 15 is 0 Å². The van der Waals surface area contributed by atoms with Crippen molar-refractivity contribution in [1.29, 1.82) is 0 Å². The lowest BCUT2D eigenvalue weighted by molar-refractivity contribution is -0.133. The topological polar surface area (TPSA) is 49.4 Å².